The van der Waals surface area contributed by atoms with E-state index in [0.717, 1.165) is 28.8 Å². The van der Waals surface area contributed by atoms with Crippen molar-refractivity contribution in [2.75, 3.05) is 6.26 Å². The number of benzene rings is 3. The van der Waals surface area contributed by atoms with Gasteiger partial charge in [0.25, 0.3) is 5.60 Å². The number of rotatable bonds is 5. The average Bonchev–Trinajstić information content (AvgIpc) is 3.28. The molecule has 0 aliphatic carbocycles. The number of nitrogens with zero attached hydrogens (tertiary/aromatic N) is 2. The van der Waals surface area contributed by atoms with Crippen LogP contribution in [-0.4, -0.2) is 22.4 Å². The summed E-state index contributed by atoms with van der Waals surface area (Å²) in [5.41, 5.74) is -0.354. The molecule has 4 nitrogen and oxygen atoms in total. The van der Waals surface area contributed by atoms with Crippen LogP contribution in [0.3, 0.4) is 0 Å². The molecule has 0 amide bonds. The van der Waals surface area contributed by atoms with Crippen LogP contribution in [0.15, 0.2) is 69.0 Å². The first-order valence-corrected chi connectivity index (χ1v) is 13.7. The topological polar surface area (TPSA) is 51.0 Å². The van der Waals surface area contributed by atoms with Crippen LogP contribution >= 0.6 is 23.2 Å². The standard InChI is InChI=1S/C26H22Cl2F4N2O2S/c1-15-5-4-6-16(2)24(15)37(3,35)33-14-17-7-9-18(10-8-17)22-13-25(36-34-22,26(30,31)32)19-11-20(27)23(29)21(28)12-19/h4-12H,13-14H2,1-3H3. The molecule has 3 aromatic rings. The lowest BCUT2D eigenvalue weighted by Crippen LogP contribution is -2.42. The smallest absolute Gasteiger partial charge is 0.374 e. The van der Waals surface area contributed by atoms with Crippen molar-refractivity contribution in [2.24, 2.45) is 9.52 Å². The molecule has 37 heavy (non-hydrogen) atoms. The number of aryl methyl sites for hydroxylation is 2. The van der Waals surface area contributed by atoms with Gasteiger partial charge in [0.2, 0.25) is 0 Å². The zero-order valence-electron chi connectivity index (χ0n) is 20.0. The molecule has 1 aliphatic rings. The van der Waals surface area contributed by atoms with Gasteiger partial charge in [0.15, 0.2) is 5.82 Å². The summed E-state index contributed by atoms with van der Waals surface area (Å²) in [7, 11) is -2.66. The van der Waals surface area contributed by atoms with Gasteiger partial charge in [0.05, 0.1) is 36.9 Å². The van der Waals surface area contributed by atoms with Crippen molar-refractivity contribution in [3.63, 3.8) is 0 Å². The minimum atomic E-state index is -4.89. The zero-order valence-corrected chi connectivity index (χ0v) is 22.3. The Morgan fingerprint density at radius 1 is 1.05 bits per heavy atom. The van der Waals surface area contributed by atoms with Crippen molar-refractivity contribution in [1.29, 1.82) is 0 Å². The van der Waals surface area contributed by atoms with Crippen molar-refractivity contribution in [3.05, 3.63) is 98.3 Å². The molecule has 0 spiro atoms. The number of hydrogen-bond donors (Lipinski definition) is 0. The van der Waals surface area contributed by atoms with Gasteiger partial charge < -0.3 is 4.84 Å². The molecule has 1 heterocycles. The van der Waals surface area contributed by atoms with Gasteiger partial charge in [-0.3, -0.25) is 0 Å². The molecule has 2 atom stereocenters. The highest BCUT2D eigenvalue weighted by Gasteiger charge is 2.62. The molecule has 3 aromatic carbocycles. The van der Waals surface area contributed by atoms with Gasteiger partial charge in [-0.1, -0.05) is 70.8 Å². The van der Waals surface area contributed by atoms with Gasteiger partial charge in [0.1, 0.15) is 0 Å². The van der Waals surface area contributed by atoms with Crippen molar-refractivity contribution in [2.45, 2.75) is 43.5 Å². The lowest BCUT2D eigenvalue weighted by molar-refractivity contribution is -0.275. The summed E-state index contributed by atoms with van der Waals surface area (Å²) in [6.07, 6.45) is -3.96. The van der Waals surface area contributed by atoms with E-state index < -0.39 is 49.4 Å². The molecule has 11 heteroatoms. The highest BCUT2D eigenvalue weighted by molar-refractivity contribution is 7.93. The van der Waals surface area contributed by atoms with Gasteiger partial charge in [-0.05, 0) is 48.2 Å². The van der Waals surface area contributed by atoms with E-state index >= 15 is 0 Å². The van der Waals surface area contributed by atoms with E-state index in [-0.39, 0.29) is 12.3 Å². The Morgan fingerprint density at radius 2 is 1.62 bits per heavy atom. The Morgan fingerprint density at radius 3 is 2.16 bits per heavy atom. The van der Waals surface area contributed by atoms with E-state index in [2.05, 4.69) is 9.52 Å². The monoisotopic (exact) mass is 572 g/mol. The predicted octanol–water partition coefficient (Wildman–Crippen LogP) is 7.99. The summed E-state index contributed by atoms with van der Waals surface area (Å²) in [5, 5.41) is 2.60. The van der Waals surface area contributed by atoms with Gasteiger partial charge in [0, 0.05) is 18.2 Å². The second-order valence-electron chi connectivity index (χ2n) is 8.89. The van der Waals surface area contributed by atoms with E-state index in [1.54, 1.807) is 30.5 Å². The fourth-order valence-electron chi connectivity index (χ4n) is 4.31. The highest BCUT2D eigenvalue weighted by Crippen LogP contribution is 2.50. The Balaban J connectivity index is 1.58. The molecule has 4 rings (SSSR count). The second-order valence-corrected chi connectivity index (χ2v) is 12.0. The maximum atomic E-state index is 14.2. The fourth-order valence-corrected chi connectivity index (χ4v) is 6.65. The third-order valence-corrected chi connectivity index (χ3v) is 8.78. The van der Waals surface area contributed by atoms with E-state index in [1.807, 2.05) is 32.0 Å². The minimum absolute atomic E-state index is 0.0483. The minimum Gasteiger partial charge on any atom is -0.374 e. The highest BCUT2D eigenvalue weighted by atomic mass is 35.5. The summed E-state index contributed by atoms with van der Waals surface area (Å²) in [5.74, 6) is -1.02. The molecule has 1 aliphatic heterocycles. The zero-order chi connectivity index (χ0) is 27.2. The molecule has 0 saturated carbocycles. The number of alkyl halides is 3. The average molecular weight is 573 g/mol. The Labute approximate surface area is 222 Å². The van der Waals surface area contributed by atoms with Crippen LogP contribution in [0, 0.1) is 19.7 Å². The summed E-state index contributed by atoms with van der Waals surface area (Å²) in [6.45, 7) is 3.93. The Kier molecular flexibility index (Phi) is 7.35. The van der Waals surface area contributed by atoms with E-state index in [1.165, 1.54) is 0 Å². The first kappa shape index (κ1) is 27.4. The first-order chi connectivity index (χ1) is 17.2. The Bertz CT molecular complexity index is 1470. The molecular formula is C26H22Cl2F4N2O2S. The van der Waals surface area contributed by atoms with Crippen molar-refractivity contribution in [1.82, 2.24) is 0 Å². The van der Waals surface area contributed by atoms with Gasteiger partial charge in [-0.2, -0.15) is 13.2 Å². The van der Waals surface area contributed by atoms with Gasteiger partial charge in [-0.15, -0.1) is 0 Å². The van der Waals surface area contributed by atoms with Crippen molar-refractivity contribution >= 4 is 38.6 Å². The maximum Gasteiger partial charge on any atom is 0.435 e. The summed E-state index contributed by atoms with van der Waals surface area (Å²) < 4.78 is 74.2. The second kappa shape index (κ2) is 9.93. The van der Waals surface area contributed by atoms with E-state index in [9.17, 15) is 21.8 Å². The molecule has 0 bridgehead atoms. The van der Waals surface area contributed by atoms with Crippen LogP contribution in [-0.2, 0) is 26.7 Å². The lowest BCUT2D eigenvalue weighted by atomic mass is 9.86. The van der Waals surface area contributed by atoms with Gasteiger partial charge >= 0.3 is 6.18 Å². The Hall–Kier alpha value is -2.62. The lowest BCUT2D eigenvalue weighted by Gasteiger charge is -2.29. The summed E-state index contributed by atoms with van der Waals surface area (Å²) in [4.78, 5) is 5.67. The molecular weight excluding hydrogens is 551 g/mol. The molecule has 0 fully saturated rings. The molecule has 0 aromatic heterocycles. The third-order valence-electron chi connectivity index (χ3n) is 6.20. The van der Waals surface area contributed by atoms with Crippen LogP contribution in [0.2, 0.25) is 10.0 Å². The molecule has 0 N–H and O–H groups in total. The predicted molar refractivity (Wildman–Crippen MR) is 137 cm³/mol. The maximum absolute atomic E-state index is 14.2. The number of oxime groups is 1. The molecule has 196 valence electrons. The van der Waals surface area contributed by atoms with E-state index in [0.29, 0.717) is 10.5 Å². The molecule has 0 saturated heterocycles. The van der Waals surface area contributed by atoms with Crippen molar-refractivity contribution < 1.29 is 26.6 Å². The third kappa shape index (κ3) is 5.22. The largest absolute Gasteiger partial charge is 0.435 e. The molecule has 0 radical (unpaired) electrons. The SMILES string of the molecule is Cc1cccc(C)c1S(C)(=O)=NCc1ccc(C2=NOC(c3cc(Cl)c(F)c(Cl)c3)(C(F)(F)F)C2)cc1. The summed E-state index contributed by atoms with van der Waals surface area (Å²) in [6, 6.07) is 13.9. The number of hydrogen-bond acceptors (Lipinski definition) is 4. The normalized spacial score (nSPS) is 19.2. The fraction of sp³-hybridized carbons (Fsp3) is 0.269. The quantitative estimate of drug-likeness (QED) is 0.230. The van der Waals surface area contributed by atoms with Crippen LogP contribution in [0.5, 0.6) is 0 Å². The first-order valence-electron chi connectivity index (χ1n) is 11.1. The summed E-state index contributed by atoms with van der Waals surface area (Å²) >= 11 is 11.5. The van der Waals surface area contributed by atoms with Crippen LogP contribution in [0.1, 0.15) is 34.2 Å². The number of halogens is 6. The van der Waals surface area contributed by atoms with E-state index in [4.69, 9.17) is 28.0 Å². The molecule has 2 unspecified atom stereocenters. The van der Waals surface area contributed by atoms with Crippen molar-refractivity contribution in [3.8, 4) is 0 Å². The van der Waals surface area contributed by atoms with Crippen LogP contribution in [0.4, 0.5) is 17.6 Å². The van der Waals surface area contributed by atoms with Gasteiger partial charge in [-0.25, -0.2) is 13.0 Å². The van der Waals surface area contributed by atoms with Crippen LogP contribution in [0.25, 0.3) is 0 Å². The van der Waals surface area contributed by atoms with Crippen LogP contribution < -0.4 is 0 Å².